The number of aromatic amines is 1. The lowest BCUT2D eigenvalue weighted by Gasteiger charge is -2.04. The lowest BCUT2D eigenvalue weighted by Crippen LogP contribution is -2.21. The van der Waals surface area contributed by atoms with E-state index < -0.39 is 11.9 Å². The highest BCUT2D eigenvalue weighted by Crippen LogP contribution is 2.18. The zero-order chi connectivity index (χ0) is 16.2. The Balaban J connectivity index is 1.52. The average Bonchev–Trinajstić information content (AvgIpc) is 3.12. The number of hydrogen-bond donors (Lipinski definition) is 2. The van der Waals surface area contributed by atoms with E-state index in [9.17, 15) is 9.59 Å². The number of H-pyrrole nitrogens is 1. The molecule has 0 atom stereocenters. The van der Waals surface area contributed by atoms with Gasteiger partial charge in [0.2, 0.25) is 0 Å². The molecule has 0 unspecified atom stereocenters. The summed E-state index contributed by atoms with van der Waals surface area (Å²) in [6.07, 6.45) is 1.87. The summed E-state index contributed by atoms with van der Waals surface area (Å²) in [6.45, 7) is 1.34. The first-order valence-corrected chi connectivity index (χ1v) is 7.05. The zero-order valence-corrected chi connectivity index (χ0v) is 12.5. The van der Waals surface area contributed by atoms with Crippen molar-refractivity contribution >= 4 is 28.6 Å². The second-order valence-corrected chi connectivity index (χ2v) is 5.07. The van der Waals surface area contributed by atoms with Gasteiger partial charge in [-0.05, 0) is 18.6 Å². The predicted octanol–water partition coefficient (Wildman–Crippen LogP) is 2.19. The van der Waals surface area contributed by atoms with Gasteiger partial charge in [0, 0.05) is 23.2 Å². The molecule has 1 aromatic carbocycles. The van der Waals surface area contributed by atoms with Crippen molar-refractivity contribution in [3.05, 3.63) is 47.9 Å². The van der Waals surface area contributed by atoms with E-state index in [0.717, 1.165) is 16.5 Å². The number of rotatable bonds is 5. The van der Waals surface area contributed by atoms with Gasteiger partial charge in [-0.3, -0.25) is 9.59 Å². The van der Waals surface area contributed by atoms with Gasteiger partial charge in [-0.2, -0.15) is 0 Å². The summed E-state index contributed by atoms with van der Waals surface area (Å²) < 4.78 is 9.81. The Kier molecular flexibility index (Phi) is 4.09. The van der Waals surface area contributed by atoms with Gasteiger partial charge in [0.1, 0.15) is 5.76 Å². The van der Waals surface area contributed by atoms with E-state index in [-0.39, 0.29) is 13.0 Å². The molecule has 118 valence electrons. The number of carbonyl (C=O) groups excluding carboxylic acids is 2. The number of aromatic nitrogens is 2. The van der Waals surface area contributed by atoms with E-state index in [1.807, 2.05) is 24.3 Å². The highest BCUT2D eigenvalue weighted by atomic mass is 16.5. The van der Waals surface area contributed by atoms with Crippen LogP contribution in [0.15, 0.2) is 41.1 Å². The van der Waals surface area contributed by atoms with Crippen molar-refractivity contribution in [1.29, 1.82) is 0 Å². The second kappa shape index (κ2) is 6.35. The van der Waals surface area contributed by atoms with Crippen LogP contribution in [0.3, 0.4) is 0 Å². The van der Waals surface area contributed by atoms with Gasteiger partial charge in [-0.25, -0.2) is 0 Å². The van der Waals surface area contributed by atoms with E-state index in [0.29, 0.717) is 11.6 Å². The molecular weight excluding hydrogens is 298 g/mol. The van der Waals surface area contributed by atoms with E-state index >= 15 is 0 Å². The van der Waals surface area contributed by atoms with Crippen molar-refractivity contribution in [3.63, 3.8) is 0 Å². The minimum absolute atomic E-state index is 0.0976. The molecule has 0 saturated carbocycles. The number of nitrogens with zero attached hydrogens (tertiary/aromatic N) is 1. The first-order valence-electron chi connectivity index (χ1n) is 7.05. The monoisotopic (exact) mass is 313 g/mol. The number of para-hydroxylation sites is 1. The summed E-state index contributed by atoms with van der Waals surface area (Å²) >= 11 is 0. The van der Waals surface area contributed by atoms with E-state index in [4.69, 9.17) is 9.26 Å². The van der Waals surface area contributed by atoms with E-state index in [2.05, 4.69) is 15.5 Å². The minimum atomic E-state index is -0.471. The van der Waals surface area contributed by atoms with Crippen LogP contribution in [-0.4, -0.2) is 28.6 Å². The molecule has 0 spiro atoms. The van der Waals surface area contributed by atoms with Gasteiger partial charge >= 0.3 is 5.97 Å². The third kappa shape index (κ3) is 3.57. The summed E-state index contributed by atoms with van der Waals surface area (Å²) in [5, 5.41) is 7.07. The van der Waals surface area contributed by atoms with Crippen LogP contribution in [0.2, 0.25) is 0 Å². The van der Waals surface area contributed by atoms with Crippen LogP contribution in [0.5, 0.6) is 0 Å². The Morgan fingerprint density at radius 1 is 1.35 bits per heavy atom. The van der Waals surface area contributed by atoms with Gasteiger partial charge in [-0.1, -0.05) is 23.4 Å². The maximum Gasteiger partial charge on any atom is 0.310 e. The maximum atomic E-state index is 11.9. The summed E-state index contributed by atoms with van der Waals surface area (Å²) in [4.78, 5) is 26.6. The van der Waals surface area contributed by atoms with Crippen molar-refractivity contribution in [2.24, 2.45) is 0 Å². The topological polar surface area (TPSA) is 97.2 Å². The SMILES string of the molecule is Cc1cc(NC(=O)COC(=O)Cc2c[nH]c3ccccc23)no1. The molecule has 0 aliphatic heterocycles. The molecule has 0 aliphatic rings. The molecular formula is C16H15N3O4. The Labute approximate surface area is 131 Å². The van der Waals surface area contributed by atoms with Crippen LogP contribution >= 0.6 is 0 Å². The fraction of sp³-hybridized carbons (Fsp3) is 0.188. The number of esters is 1. The smallest absolute Gasteiger partial charge is 0.310 e. The fourth-order valence-electron chi connectivity index (χ4n) is 2.23. The third-order valence-corrected chi connectivity index (χ3v) is 3.27. The maximum absolute atomic E-state index is 11.9. The highest BCUT2D eigenvalue weighted by Gasteiger charge is 2.12. The molecule has 7 heteroatoms. The molecule has 2 N–H and O–H groups in total. The van der Waals surface area contributed by atoms with Gasteiger partial charge in [-0.15, -0.1) is 0 Å². The summed E-state index contributed by atoms with van der Waals surface area (Å²) in [6, 6.07) is 9.24. The van der Waals surface area contributed by atoms with Crippen LogP contribution in [0.4, 0.5) is 5.82 Å². The van der Waals surface area contributed by atoms with Gasteiger partial charge < -0.3 is 19.6 Å². The van der Waals surface area contributed by atoms with E-state index in [1.165, 1.54) is 0 Å². The molecule has 0 fully saturated rings. The van der Waals surface area contributed by atoms with Gasteiger partial charge in [0.25, 0.3) is 5.91 Å². The van der Waals surface area contributed by atoms with Crippen LogP contribution in [0, 0.1) is 6.92 Å². The fourth-order valence-corrected chi connectivity index (χ4v) is 2.23. The number of fused-ring (bicyclic) bond motifs is 1. The molecule has 0 aliphatic carbocycles. The number of nitrogens with one attached hydrogen (secondary N) is 2. The van der Waals surface area contributed by atoms with Crippen molar-refractivity contribution in [1.82, 2.24) is 10.1 Å². The van der Waals surface area contributed by atoms with E-state index in [1.54, 1.807) is 19.2 Å². The number of hydrogen-bond acceptors (Lipinski definition) is 5. The molecule has 1 amide bonds. The molecule has 0 bridgehead atoms. The number of benzene rings is 1. The Morgan fingerprint density at radius 3 is 2.96 bits per heavy atom. The molecule has 23 heavy (non-hydrogen) atoms. The van der Waals surface area contributed by atoms with Gasteiger partial charge in [0.05, 0.1) is 6.42 Å². The minimum Gasteiger partial charge on any atom is -0.455 e. The number of carbonyl (C=O) groups is 2. The second-order valence-electron chi connectivity index (χ2n) is 5.07. The molecule has 7 nitrogen and oxygen atoms in total. The summed E-state index contributed by atoms with van der Waals surface area (Å²) in [5.74, 6) is -0.0661. The first kappa shape index (κ1) is 14.8. The summed E-state index contributed by atoms with van der Waals surface area (Å²) in [5.41, 5.74) is 1.78. The molecule has 2 heterocycles. The van der Waals surface area contributed by atoms with Crippen LogP contribution < -0.4 is 5.32 Å². The van der Waals surface area contributed by atoms with Crippen molar-refractivity contribution in [2.45, 2.75) is 13.3 Å². The van der Waals surface area contributed by atoms with Crippen LogP contribution in [0.1, 0.15) is 11.3 Å². The Bertz CT molecular complexity index is 850. The number of ether oxygens (including phenoxy) is 1. The molecule has 3 rings (SSSR count). The Morgan fingerprint density at radius 2 is 2.17 bits per heavy atom. The molecule has 0 saturated heterocycles. The normalized spacial score (nSPS) is 10.7. The van der Waals surface area contributed by atoms with Gasteiger partial charge in [0.15, 0.2) is 12.4 Å². The first-order chi connectivity index (χ1) is 11.1. The molecule has 3 aromatic rings. The standard InChI is InChI=1S/C16H15N3O4/c1-10-6-14(19-23-10)18-15(20)9-22-16(21)7-11-8-17-13-5-3-2-4-12(11)13/h2-6,8,17H,7,9H2,1H3,(H,18,19,20). The number of anilines is 1. The van der Waals surface area contributed by atoms with Crippen molar-refractivity contribution in [2.75, 3.05) is 11.9 Å². The van der Waals surface area contributed by atoms with Crippen molar-refractivity contribution in [3.8, 4) is 0 Å². The molecule has 0 radical (unpaired) electrons. The number of amides is 1. The summed E-state index contributed by atoms with van der Waals surface area (Å²) in [7, 11) is 0. The van der Waals surface area contributed by atoms with Crippen LogP contribution in [0.25, 0.3) is 10.9 Å². The quantitative estimate of drug-likeness (QED) is 0.704. The average molecular weight is 313 g/mol. The zero-order valence-electron chi connectivity index (χ0n) is 12.5. The molecule has 2 aromatic heterocycles. The Hall–Kier alpha value is -3.09. The lowest BCUT2D eigenvalue weighted by molar-refractivity contribution is -0.146. The largest absolute Gasteiger partial charge is 0.455 e. The lowest BCUT2D eigenvalue weighted by atomic mass is 10.1. The third-order valence-electron chi connectivity index (χ3n) is 3.27. The highest BCUT2D eigenvalue weighted by molar-refractivity contribution is 5.92. The number of aryl methyl sites for hydroxylation is 1. The predicted molar refractivity (Wildman–Crippen MR) is 82.8 cm³/mol. The van der Waals surface area contributed by atoms with Crippen molar-refractivity contribution < 1.29 is 18.8 Å². The van der Waals surface area contributed by atoms with Crippen LogP contribution in [-0.2, 0) is 20.7 Å².